The van der Waals surface area contributed by atoms with Crippen LogP contribution < -0.4 is 5.32 Å². The Morgan fingerprint density at radius 3 is 2.61 bits per heavy atom. The summed E-state index contributed by atoms with van der Waals surface area (Å²) in [6, 6.07) is 10.5. The van der Waals surface area contributed by atoms with Crippen LogP contribution in [-0.2, 0) is 11.2 Å². The van der Waals surface area contributed by atoms with E-state index in [0.717, 1.165) is 31.5 Å². The molecule has 1 N–H and O–H groups in total. The SMILES string of the molecule is CN(CC(=O)Cc1ccccc1)C1CCNCC1. The van der Waals surface area contributed by atoms with Crippen molar-refractivity contribution in [2.24, 2.45) is 0 Å². The first-order chi connectivity index (χ1) is 8.75. The van der Waals surface area contributed by atoms with E-state index in [2.05, 4.69) is 17.3 Å². The maximum absolute atomic E-state index is 12.0. The highest BCUT2D eigenvalue weighted by atomic mass is 16.1. The summed E-state index contributed by atoms with van der Waals surface area (Å²) >= 11 is 0. The molecular formula is C15H22N2O. The Morgan fingerprint density at radius 2 is 1.94 bits per heavy atom. The highest BCUT2D eigenvalue weighted by molar-refractivity contribution is 5.82. The number of nitrogens with zero attached hydrogens (tertiary/aromatic N) is 1. The van der Waals surface area contributed by atoms with Crippen molar-refractivity contribution in [1.29, 1.82) is 0 Å². The van der Waals surface area contributed by atoms with Gasteiger partial charge in [-0.15, -0.1) is 0 Å². The molecule has 0 amide bonds. The van der Waals surface area contributed by atoms with Crippen LogP contribution in [0.3, 0.4) is 0 Å². The molecule has 1 aromatic rings. The number of rotatable bonds is 5. The summed E-state index contributed by atoms with van der Waals surface area (Å²) in [5, 5.41) is 3.35. The highest BCUT2D eigenvalue weighted by Gasteiger charge is 2.19. The summed E-state index contributed by atoms with van der Waals surface area (Å²) in [6.07, 6.45) is 2.85. The summed E-state index contributed by atoms with van der Waals surface area (Å²) < 4.78 is 0. The van der Waals surface area contributed by atoms with Crippen molar-refractivity contribution in [1.82, 2.24) is 10.2 Å². The van der Waals surface area contributed by atoms with E-state index in [4.69, 9.17) is 0 Å². The molecule has 0 spiro atoms. The summed E-state index contributed by atoms with van der Waals surface area (Å²) in [6.45, 7) is 2.71. The average Bonchev–Trinajstić information content (AvgIpc) is 2.40. The maximum Gasteiger partial charge on any atom is 0.151 e. The first kappa shape index (κ1) is 13.2. The fourth-order valence-corrected chi connectivity index (χ4v) is 2.53. The summed E-state index contributed by atoms with van der Waals surface area (Å²) in [4.78, 5) is 14.2. The van der Waals surface area contributed by atoms with Crippen LogP contribution in [0, 0.1) is 0 Å². The van der Waals surface area contributed by atoms with Crippen LogP contribution in [0.2, 0.25) is 0 Å². The lowest BCUT2D eigenvalue weighted by atomic mass is 10.0. The largest absolute Gasteiger partial charge is 0.317 e. The molecule has 3 heteroatoms. The third-order valence-corrected chi connectivity index (χ3v) is 3.60. The molecule has 3 nitrogen and oxygen atoms in total. The van der Waals surface area contributed by atoms with Gasteiger partial charge >= 0.3 is 0 Å². The number of carbonyl (C=O) groups is 1. The summed E-state index contributed by atoms with van der Waals surface area (Å²) in [5.74, 6) is 0.308. The molecule has 0 aromatic heterocycles. The van der Waals surface area contributed by atoms with E-state index in [9.17, 15) is 4.79 Å². The van der Waals surface area contributed by atoms with Crippen LogP contribution >= 0.6 is 0 Å². The number of carbonyl (C=O) groups excluding carboxylic acids is 1. The van der Waals surface area contributed by atoms with Gasteiger partial charge < -0.3 is 5.32 Å². The number of ketones is 1. The molecule has 18 heavy (non-hydrogen) atoms. The molecule has 1 saturated heterocycles. The molecule has 1 aliphatic rings. The Morgan fingerprint density at radius 1 is 1.28 bits per heavy atom. The molecule has 98 valence electrons. The van der Waals surface area contributed by atoms with Gasteiger partial charge in [-0.1, -0.05) is 30.3 Å². The Balaban J connectivity index is 1.79. The maximum atomic E-state index is 12.0. The Kier molecular flexibility index (Phi) is 4.90. The van der Waals surface area contributed by atoms with Crippen LogP contribution in [-0.4, -0.2) is 43.4 Å². The minimum atomic E-state index is 0.308. The predicted molar refractivity (Wildman–Crippen MR) is 73.7 cm³/mol. The number of Topliss-reactive ketones (excluding diaryl/α,β-unsaturated/α-hetero) is 1. The smallest absolute Gasteiger partial charge is 0.151 e. The van der Waals surface area contributed by atoms with Gasteiger partial charge in [-0.25, -0.2) is 0 Å². The zero-order valence-electron chi connectivity index (χ0n) is 11.1. The quantitative estimate of drug-likeness (QED) is 0.854. The van der Waals surface area contributed by atoms with Crippen molar-refractivity contribution >= 4 is 5.78 Å². The first-order valence-electron chi connectivity index (χ1n) is 6.72. The van der Waals surface area contributed by atoms with Gasteiger partial charge in [0.1, 0.15) is 0 Å². The van der Waals surface area contributed by atoms with Crippen molar-refractivity contribution in [3.05, 3.63) is 35.9 Å². The minimum absolute atomic E-state index is 0.308. The molecule has 0 unspecified atom stereocenters. The molecule has 0 aliphatic carbocycles. The zero-order valence-corrected chi connectivity index (χ0v) is 11.1. The molecule has 0 radical (unpaired) electrons. The van der Waals surface area contributed by atoms with E-state index in [0.29, 0.717) is 24.8 Å². The highest BCUT2D eigenvalue weighted by Crippen LogP contribution is 2.10. The number of hydrogen-bond donors (Lipinski definition) is 1. The van der Waals surface area contributed by atoms with Crippen LogP contribution in [0.1, 0.15) is 18.4 Å². The van der Waals surface area contributed by atoms with Gasteiger partial charge in [0.25, 0.3) is 0 Å². The van der Waals surface area contributed by atoms with Crippen LogP contribution in [0.4, 0.5) is 0 Å². The minimum Gasteiger partial charge on any atom is -0.317 e. The number of benzene rings is 1. The third kappa shape index (κ3) is 3.93. The third-order valence-electron chi connectivity index (χ3n) is 3.60. The molecule has 0 bridgehead atoms. The lowest BCUT2D eigenvalue weighted by Gasteiger charge is -2.31. The van der Waals surface area contributed by atoms with E-state index in [1.54, 1.807) is 0 Å². The molecule has 0 saturated carbocycles. The second kappa shape index (κ2) is 6.66. The van der Waals surface area contributed by atoms with Crippen molar-refractivity contribution in [3.8, 4) is 0 Å². The predicted octanol–water partition coefficient (Wildman–Crippen LogP) is 1.48. The number of piperidine rings is 1. The molecule has 1 fully saturated rings. The zero-order chi connectivity index (χ0) is 12.8. The van der Waals surface area contributed by atoms with Gasteiger partial charge in [0.05, 0.1) is 6.54 Å². The van der Waals surface area contributed by atoms with E-state index in [-0.39, 0.29) is 0 Å². The first-order valence-corrected chi connectivity index (χ1v) is 6.72. The van der Waals surface area contributed by atoms with Crippen molar-refractivity contribution in [2.75, 3.05) is 26.7 Å². The second-order valence-electron chi connectivity index (χ2n) is 5.10. The van der Waals surface area contributed by atoms with Crippen molar-refractivity contribution in [3.63, 3.8) is 0 Å². The molecule has 0 atom stereocenters. The van der Waals surface area contributed by atoms with E-state index >= 15 is 0 Å². The summed E-state index contributed by atoms with van der Waals surface area (Å²) in [7, 11) is 2.07. The lowest BCUT2D eigenvalue weighted by Crippen LogP contribution is -2.43. The van der Waals surface area contributed by atoms with Crippen LogP contribution in [0.25, 0.3) is 0 Å². The Hall–Kier alpha value is -1.19. The summed E-state index contributed by atoms with van der Waals surface area (Å²) in [5.41, 5.74) is 1.11. The fraction of sp³-hybridized carbons (Fsp3) is 0.533. The van der Waals surface area contributed by atoms with Gasteiger partial charge in [-0.2, -0.15) is 0 Å². The van der Waals surface area contributed by atoms with E-state index in [1.165, 1.54) is 0 Å². The Bertz CT molecular complexity index is 371. The van der Waals surface area contributed by atoms with Gasteiger partial charge in [-0.05, 0) is 38.5 Å². The molecule has 1 aliphatic heterocycles. The van der Waals surface area contributed by atoms with E-state index in [1.807, 2.05) is 30.3 Å². The van der Waals surface area contributed by atoms with Gasteiger partial charge in [0.2, 0.25) is 0 Å². The lowest BCUT2D eigenvalue weighted by molar-refractivity contribution is -0.119. The fourth-order valence-electron chi connectivity index (χ4n) is 2.53. The number of hydrogen-bond acceptors (Lipinski definition) is 3. The molecule has 1 heterocycles. The van der Waals surface area contributed by atoms with E-state index < -0.39 is 0 Å². The van der Waals surface area contributed by atoms with Crippen molar-refractivity contribution in [2.45, 2.75) is 25.3 Å². The van der Waals surface area contributed by atoms with Gasteiger partial charge in [0.15, 0.2) is 5.78 Å². The van der Waals surface area contributed by atoms with Gasteiger partial charge in [0, 0.05) is 12.5 Å². The number of likely N-dealkylation sites (N-methyl/N-ethyl adjacent to an activating group) is 1. The van der Waals surface area contributed by atoms with Crippen LogP contribution in [0.15, 0.2) is 30.3 Å². The Labute approximate surface area is 109 Å². The average molecular weight is 246 g/mol. The van der Waals surface area contributed by atoms with Crippen molar-refractivity contribution < 1.29 is 4.79 Å². The van der Waals surface area contributed by atoms with Gasteiger partial charge in [-0.3, -0.25) is 9.69 Å². The number of nitrogens with one attached hydrogen (secondary N) is 1. The van der Waals surface area contributed by atoms with Crippen LogP contribution in [0.5, 0.6) is 0 Å². The topological polar surface area (TPSA) is 32.3 Å². The standard InChI is InChI=1S/C15H22N2O/c1-17(14-7-9-16-10-8-14)12-15(18)11-13-5-3-2-4-6-13/h2-6,14,16H,7-12H2,1H3. The molecular weight excluding hydrogens is 224 g/mol. The molecule has 1 aromatic carbocycles. The second-order valence-corrected chi connectivity index (χ2v) is 5.10. The normalized spacial score (nSPS) is 17.0. The molecule has 2 rings (SSSR count). The monoisotopic (exact) mass is 246 g/mol.